The molecule has 134 valence electrons. The van der Waals surface area contributed by atoms with E-state index in [9.17, 15) is 4.79 Å². The Morgan fingerprint density at radius 2 is 2.17 bits per heavy atom. The van der Waals surface area contributed by atoms with E-state index in [2.05, 4.69) is 27.7 Å². The van der Waals surface area contributed by atoms with E-state index in [0.29, 0.717) is 19.0 Å². The summed E-state index contributed by atoms with van der Waals surface area (Å²) in [6.45, 7) is 5.04. The van der Waals surface area contributed by atoms with Crippen molar-refractivity contribution in [2.24, 2.45) is 0 Å². The summed E-state index contributed by atoms with van der Waals surface area (Å²) >= 11 is 0. The summed E-state index contributed by atoms with van der Waals surface area (Å²) < 4.78 is 5.26. The lowest BCUT2D eigenvalue weighted by molar-refractivity contribution is 0.198. The monoisotopic (exact) mass is 335 g/mol. The Kier molecular flexibility index (Phi) is 7.34. The molecule has 0 atom stereocenters. The molecule has 0 bridgehead atoms. The number of aliphatic hydroxyl groups is 1. The first kappa shape index (κ1) is 18.5. The van der Waals surface area contributed by atoms with Crippen molar-refractivity contribution in [3.8, 4) is 5.75 Å². The zero-order valence-electron chi connectivity index (χ0n) is 14.6. The highest BCUT2D eigenvalue weighted by molar-refractivity contribution is 5.74. The number of rotatable bonds is 9. The van der Waals surface area contributed by atoms with Gasteiger partial charge >= 0.3 is 6.03 Å². The third-order valence-electron chi connectivity index (χ3n) is 4.62. The van der Waals surface area contributed by atoms with E-state index in [4.69, 9.17) is 9.84 Å². The van der Waals surface area contributed by atoms with Crippen molar-refractivity contribution in [3.05, 3.63) is 29.8 Å². The number of nitrogens with zero attached hydrogens (tertiary/aromatic N) is 1. The lowest BCUT2D eigenvalue weighted by Crippen LogP contribution is -2.49. The Balaban J connectivity index is 1.64. The highest BCUT2D eigenvalue weighted by atomic mass is 16.5. The highest BCUT2D eigenvalue weighted by Crippen LogP contribution is 2.37. The van der Waals surface area contributed by atoms with Crippen LogP contribution in [0.1, 0.15) is 31.2 Å². The number of benzene rings is 1. The van der Waals surface area contributed by atoms with E-state index in [1.54, 1.807) is 7.11 Å². The van der Waals surface area contributed by atoms with Crippen molar-refractivity contribution in [1.29, 1.82) is 0 Å². The van der Waals surface area contributed by atoms with E-state index in [1.165, 1.54) is 5.56 Å². The van der Waals surface area contributed by atoms with Gasteiger partial charge in [-0.25, -0.2) is 4.79 Å². The fourth-order valence-electron chi connectivity index (χ4n) is 3.04. The molecule has 6 heteroatoms. The van der Waals surface area contributed by atoms with E-state index in [-0.39, 0.29) is 18.7 Å². The van der Waals surface area contributed by atoms with Gasteiger partial charge in [0.1, 0.15) is 5.75 Å². The molecule has 0 aliphatic heterocycles. The van der Waals surface area contributed by atoms with Crippen LogP contribution in [0.5, 0.6) is 5.75 Å². The summed E-state index contributed by atoms with van der Waals surface area (Å²) in [6.07, 6.45) is 1.93. The molecule has 0 spiro atoms. The molecule has 1 aliphatic rings. The molecule has 0 aromatic heterocycles. The van der Waals surface area contributed by atoms with Crippen LogP contribution in [0.25, 0.3) is 0 Å². The molecule has 1 aromatic carbocycles. The van der Waals surface area contributed by atoms with Crippen LogP contribution in [0.4, 0.5) is 4.79 Å². The second-order valence-corrected chi connectivity index (χ2v) is 6.20. The van der Waals surface area contributed by atoms with Crippen LogP contribution >= 0.6 is 0 Å². The summed E-state index contributed by atoms with van der Waals surface area (Å²) in [5.41, 5.74) is 1.27. The van der Waals surface area contributed by atoms with Crippen LogP contribution in [-0.2, 0) is 0 Å². The van der Waals surface area contributed by atoms with Crippen molar-refractivity contribution < 1.29 is 14.6 Å². The third kappa shape index (κ3) is 5.39. The minimum absolute atomic E-state index is 0.107. The van der Waals surface area contributed by atoms with Gasteiger partial charge in [0.25, 0.3) is 0 Å². The summed E-state index contributed by atoms with van der Waals surface area (Å²) in [4.78, 5) is 14.0. The Bertz CT molecular complexity index is 518. The number of aliphatic hydroxyl groups excluding tert-OH is 1. The maximum Gasteiger partial charge on any atom is 0.315 e. The fraction of sp³-hybridized carbons (Fsp3) is 0.611. The number of amides is 2. The van der Waals surface area contributed by atoms with Gasteiger partial charge in [-0.2, -0.15) is 0 Å². The average Bonchev–Trinajstić information content (AvgIpc) is 2.57. The summed E-state index contributed by atoms with van der Waals surface area (Å²) in [6, 6.07) is 8.27. The second kappa shape index (κ2) is 9.49. The van der Waals surface area contributed by atoms with Crippen LogP contribution in [-0.4, -0.2) is 62.0 Å². The number of likely N-dealkylation sites (N-methyl/N-ethyl adjacent to an activating group) is 1. The predicted molar refractivity (Wildman–Crippen MR) is 94.5 cm³/mol. The van der Waals surface area contributed by atoms with Gasteiger partial charge in [0, 0.05) is 25.7 Å². The van der Waals surface area contributed by atoms with E-state index in [0.717, 1.165) is 31.7 Å². The Morgan fingerprint density at radius 3 is 2.83 bits per heavy atom. The van der Waals surface area contributed by atoms with Crippen LogP contribution in [0.3, 0.4) is 0 Å². The zero-order chi connectivity index (χ0) is 17.4. The fourth-order valence-corrected chi connectivity index (χ4v) is 3.04. The van der Waals surface area contributed by atoms with Crippen molar-refractivity contribution >= 4 is 6.03 Å². The molecule has 3 N–H and O–H groups in total. The minimum Gasteiger partial charge on any atom is -0.497 e. The lowest BCUT2D eigenvalue weighted by Gasteiger charge is -2.36. The van der Waals surface area contributed by atoms with Gasteiger partial charge in [0.15, 0.2) is 0 Å². The molecular formula is C18H29N3O3. The first-order chi connectivity index (χ1) is 11.7. The van der Waals surface area contributed by atoms with Gasteiger partial charge in [-0.1, -0.05) is 19.1 Å². The number of urea groups is 1. The molecule has 1 fully saturated rings. The number of nitrogens with one attached hydrogen (secondary N) is 2. The molecule has 1 aromatic rings. The lowest BCUT2D eigenvalue weighted by atomic mass is 9.76. The minimum atomic E-state index is -0.107. The van der Waals surface area contributed by atoms with Gasteiger partial charge in [0.05, 0.1) is 13.7 Å². The van der Waals surface area contributed by atoms with E-state index < -0.39 is 0 Å². The summed E-state index contributed by atoms with van der Waals surface area (Å²) in [5.74, 6) is 1.37. The largest absolute Gasteiger partial charge is 0.497 e. The first-order valence-electron chi connectivity index (χ1n) is 8.67. The Morgan fingerprint density at radius 1 is 1.38 bits per heavy atom. The SMILES string of the molecule is CCN(CCO)CCNC(=O)NC1CC(c2cccc(OC)c2)C1. The van der Waals surface area contributed by atoms with Crippen molar-refractivity contribution in [2.75, 3.05) is 39.9 Å². The van der Waals surface area contributed by atoms with E-state index >= 15 is 0 Å². The number of carbonyl (C=O) groups is 1. The maximum absolute atomic E-state index is 11.9. The van der Waals surface area contributed by atoms with Crippen LogP contribution in [0.2, 0.25) is 0 Å². The molecule has 2 amide bonds. The number of hydrogen-bond acceptors (Lipinski definition) is 4. The molecular weight excluding hydrogens is 306 g/mol. The standard InChI is InChI=1S/C18H29N3O3/c1-3-21(9-10-22)8-7-19-18(23)20-16-11-15(12-16)14-5-4-6-17(13-14)24-2/h4-6,13,15-16,22H,3,7-12H2,1-2H3,(H2,19,20,23). The summed E-state index contributed by atoms with van der Waals surface area (Å²) in [7, 11) is 1.68. The van der Waals surface area contributed by atoms with E-state index in [1.807, 2.05) is 19.1 Å². The van der Waals surface area contributed by atoms with Gasteiger partial charge in [0.2, 0.25) is 0 Å². The smallest absolute Gasteiger partial charge is 0.315 e. The molecule has 1 saturated carbocycles. The quantitative estimate of drug-likeness (QED) is 0.640. The molecule has 0 saturated heterocycles. The first-order valence-corrected chi connectivity index (χ1v) is 8.67. The predicted octanol–water partition coefficient (Wildman–Crippen LogP) is 1.55. The highest BCUT2D eigenvalue weighted by Gasteiger charge is 2.31. The molecule has 2 rings (SSSR count). The second-order valence-electron chi connectivity index (χ2n) is 6.20. The van der Waals surface area contributed by atoms with Gasteiger partial charge in [-0.15, -0.1) is 0 Å². The Labute approximate surface area is 144 Å². The normalized spacial score (nSPS) is 19.7. The molecule has 0 radical (unpaired) electrons. The number of hydrogen-bond donors (Lipinski definition) is 3. The van der Waals surface area contributed by atoms with Crippen molar-refractivity contribution in [3.63, 3.8) is 0 Å². The molecule has 24 heavy (non-hydrogen) atoms. The zero-order valence-corrected chi connectivity index (χ0v) is 14.6. The van der Waals surface area contributed by atoms with Gasteiger partial charge < -0.3 is 20.5 Å². The number of ether oxygens (including phenoxy) is 1. The van der Waals surface area contributed by atoms with Crippen molar-refractivity contribution in [1.82, 2.24) is 15.5 Å². The third-order valence-corrected chi connectivity index (χ3v) is 4.62. The molecule has 0 heterocycles. The molecule has 6 nitrogen and oxygen atoms in total. The van der Waals surface area contributed by atoms with Gasteiger partial charge in [-0.3, -0.25) is 4.90 Å². The number of methoxy groups -OCH3 is 1. The van der Waals surface area contributed by atoms with Crippen LogP contribution in [0.15, 0.2) is 24.3 Å². The topological polar surface area (TPSA) is 73.8 Å². The van der Waals surface area contributed by atoms with Crippen LogP contribution in [0, 0.1) is 0 Å². The van der Waals surface area contributed by atoms with Gasteiger partial charge in [-0.05, 0) is 43.0 Å². The maximum atomic E-state index is 11.9. The Hall–Kier alpha value is -1.79. The average molecular weight is 335 g/mol. The van der Waals surface area contributed by atoms with Crippen LogP contribution < -0.4 is 15.4 Å². The summed E-state index contributed by atoms with van der Waals surface area (Å²) in [5, 5.41) is 14.8. The van der Waals surface area contributed by atoms with Crippen molar-refractivity contribution in [2.45, 2.75) is 31.7 Å². The molecule has 0 unspecified atom stereocenters. The number of carbonyl (C=O) groups excluding carboxylic acids is 1. The molecule has 1 aliphatic carbocycles.